The summed E-state index contributed by atoms with van der Waals surface area (Å²) in [7, 11) is 3.18. The Labute approximate surface area is 237 Å². The van der Waals surface area contributed by atoms with E-state index in [4.69, 9.17) is 32.7 Å². The van der Waals surface area contributed by atoms with E-state index >= 15 is 0 Å². The number of halogens is 2. The average molecular weight is 577 g/mol. The van der Waals surface area contributed by atoms with Crippen LogP contribution in [0.1, 0.15) is 16.0 Å². The van der Waals surface area contributed by atoms with E-state index in [1.165, 1.54) is 4.90 Å². The molecule has 7 nitrogen and oxygen atoms in total. The molecule has 38 heavy (non-hydrogen) atoms. The number of anilines is 1. The molecule has 0 atom stereocenters. The fourth-order valence-corrected chi connectivity index (χ4v) is 4.97. The summed E-state index contributed by atoms with van der Waals surface area (Å²) < 4.78 is 10.7. The van der Waals surface area contributed by atoms with Crippen molar-refractivity contribution in [2.45, 2.75) is 19.9 Å². The topological polar surface area (TPSA) is 71.1 Å². The molecule has 0 aliphatic heterocycles. The van der Waals surface area contributed by atoms with Gasteiger partial charge >= 0.3 is 6.03 Å². The molecule has 1 heterocycles. The first kappa shape index (κ1) is 29.4. The van der Waals surface area contributed by atoms with Gasteiger partial charge in [0.15, 0.2) is 11.5 Å². The Kier molecular flexibility index (Phi) is 10.9. The molecule has 0 saturated heterocycles. The predicted octanol–water partition coefficient (Wildman–Crippen LogP) is 6.67. The SMILES string of the molecule is C=CCN(CC(=O)N(CCc1ccc(OC)c(OC)c1)Cc1sccc1C)C(=O)Nc1ccc(Cl)c(Cl)c1. The van der Waals surface area contributed by atoms with E-state index in [9.17, 15) is 9.59 Å². The van der Waals surface area contributed by atoms with Crippen LogP contribution < -0.4 is 14.8 Å². The Balaban J connectivity index is 1.76. The van der Waals surface area contributed by atoms with Crippen molar-refractivity contribution in [2.24, 2.45) is 0 Å². The fourth-order valence-electron chi connectivity index (χ4n) is 3.75. The quantitative estimate of drug-likeness (QED) is 0.245. The van der Waals surface area contributed by atoms with Crippen molar-refractivity contribution in [1.82, 2.24) is 9.80 Å². The van der Waals surface area contributed by atoms with Gasteiger partial charge in [-0.15, -0.1) is 17.9 Å². The number of benzene rings is 2. The molecular formula is C28H31Cl2N3O4S. The summed E-state index contributed by atoms with van der Waals surface area (Å²) >= 11 is 13.7. The second kappa shape index (κ2) is 14.1. The van der Waals surface area contributed by atoms with Gasteiger partial charge in [0.25, 0.3) is 0 Å². The Morgan fingerprint density at radius 3 is 2.42 bits per heavy atom. The van der Waals surface area contributed by atoms with E-state index < -0.39 is 6.03 Å². The Bertz CT molecular complexity index is 1280. The third-order valence-corrected chi connectivity index (χ3v) is 7.65. The van der Waals surface area contributed by atoms with Gasteiger partial charge in [-0.1, -0.05) is 35.3 Å². The minimum atomic E-state index is -0.441. The number of rotatable bonds is 12. The van der Waals surface area contributed by atoms with Gasteiger partial charge in [-0.25, -0.2) is 4.79 Å². The minimum Gasteiger partial charge on any atom is -0.493 e. The molecule has 202 valence electrons. The zero-order valence-electron chi connectivity index (χ0n) is 21.6. The molecule has 0 fully saturated rings. The van der Waals surface area contributed by atoms with Crippen LogP contribution in [0.3, 0.4) is 0 Å². The molecule has 10 heteroatoms. The standard InChI is InChI=1S/C28H31Cl2N3O4S/c1-5-12-33(28(35)31-21-7-8-22(29)23(30)16-21)18-27(34)32(17-26-19(2)11-14-38-26)13-10-20-6-9-24(36-3)25(15-20)37-4/h5-9,11,14-16H,1,10,12-13,17-18H2,2-4H3,(H,31,35). The van der Waals surface area contributed by atoms with Crippen LogP contribution in [0.25, 0.3) is 0 Å². The van der Waals surface area contributed by atoms with Gasteiger partial charge in [0.1, 0.15) is 6.54 Å². The highest BCUT2D eigenvalue weighted by Crippen LogP contribution is 2.28. The zero-order valence-corrected chi connectivity index (χ0v) is 24.0. The lowest BCUT2D eigenvalue weighted by Gasteiger charge is -2.27. The minimum absolute atomic E-state index is 0.116. The van der Waals surface area contributed by atoms with Gasteiger partial charge < -0.3 is 24.6 Å². The summed E-state index contributed by atoms with van der Waals surface area (Å²) in [6, 6.07) is 12.1. The van der Waals surface area contributed by atoms with Crippen LogP contribution in [0, 0.1) is 6.92 Å². The molecule has 0 aliphatic rings. The fraction of sp³-hybridized carbons (Fsp3) is 0.286. The number of aryl methyl sites for hydroxylation is 1. The third-order valence-electron chi connectivity index (χ3n) is 5.91. The molecule has 3 amide bonds. The van der Waals surface area contributed by atoms with Gasteiger partial charge in [0.2, 0.25) is 5.91 Å². The largest absolute Gasteiger partial charge is 0.493 e. The van der Waals surface area contributed by atoms with E-state index in [1.54, 1.807) is 54.7 Å². The maximum absolute atomic E-state index is 13.6. The molecule has 3 aromatic rings. The first-order valence-electron chi connectivity index (χ1n) is 11.9. The number of carbonyl (C=O) groups is 2. The summed E-state index contributed by atoms with van der Waals surface area (Å²) in [5, 5.41) is 5.50. The smallest absolute Gasteiger partial charge is 0.322 e. The van der Waals surface area contributed by atoms with Gasteiger partial charge in [-0.3, -0.25) is 4.79 Å². The van der Waals surface area contributed by atoms with E-state index in [-0.39, 0.29) is 19.0 Å². The number of nitrogens with one attached hydrogen (secondary N) is 1. The molecule has 0 spiro atoms. The summed E-state index contributed by atoms with van der Waals surface area (Å²) in [5.41, 5.74) is 2.60. The molecule has 2 aromatic carbocycles. The molecule has 1 N–H and O–H groups in total. The number of nitrogens with zero attached hydrogens (tertiary/aromatic N) is 2. The average Bonchev–Trinajstić information content (AvgIpc) is 3.31. The van der Waals surface area contributed by atoms with Crippen molar-refractivity contribution in [3.63, 3.8) is 0 Å². The molecule has 0 unspecified atom stereocenters. The summed E-state index contributed by atoms with van der Waals surface area (Å²) in [5.74, 6) is 1.10. The molecule has 0 saturated carbocycles. The van der Waals surface area contributed by atoms with Crippen LogP contribution in [0.5, 0.6) is 11.5 Å². The van der Waals surface area contributed by atoms with E-state index in [2.05, 4.69) is 11.9 Å². The Hall–Kier alpha value is -3.20. The van der Waals surface area contributed by atoms with Crippen LogP contribution in [0.2, 0.25) is 10.0 Å². The maximum atomic E-state index is 13.6. The summed E-state index contributed by atoms with van der Waals surface area (Å²) in [6.07, 6.45) is 2.19. The lowest BCUT2D eigenvalue weighted by Crippen LogP contribution is -2.44. The van der Waals surface area contributed by atoms with Crippen molar-refractivity contribution in [3.8, 4) is 11.5 Å². The molecule has 0 aliphatic carbocycles. The number of ether oxygens (including phenoxy) is 2. The third kappa shape index (κ3) is 7.90. The number of urea groups is 1. The van der Waals surface area contributed by atoms with Gasteiger partial charge in [-0.05, 0) is 66.2 Å². The number of hydrogen-bond acceptors (Lipinski definition) is 5. The molecule has 0 radical (unpaired) electrons. The maximum Gasteiger partial charge on any atom is 0.322 e. The van der Waals surface area contributed by atoms with Crippen LogP contribution >= 0.6 is 34.5 Å². The normalized spacial score (nSPS) is 10.6. The Morgan fingerprint density at radius 1 is 1.03 bits per heavy atom. The molecular weight excluding hydrogens is 545 g/mol. The first-order valence-corrected chi connectivity index (χ1v) is 13.5. The van der Waals surface area contributed by atoms with Crippen molar-refractivity contribution < 1.29 is 19.1 Å². The van der Waals surface area contributed by atoms with Gasteiger partial charge in [0, 0.05) is 23.7 Å². The van der Waals surface area contributed by atoms with Gasteiger partial charge in [0.05, 0.1) is 30.8 Å². The number of methoxy groups -OCH3 is 2. The number of amides is 3. The van der Waals surface area contributed by atoms with Crippen molar-refractivity contribution in [2.75, 3.05) is 39.2 Å². The molecule has 0 bridgehead atoms. The molecule has 3 rings (SSSR count). The van der Waals surface area contributed by atoms with Crippen LogP contribution in [-0.2, 0) is 17.8 Å². The highest BCUT2D eigenvalue weighted by atomic mass is 35.5. The highest BCUT2D eigenvalue weighted by molar-refractivity contribution is 7.10. The van der Waals surface area contributed by atoms with Crippen molar-refractivity contribution in [1.29, 1.82) is 0 Å². The molecule has 1 aromatic heterocycles. The van der Waals surface area contributed by atoms with Crippen LogP contribution in [-0.4, -0.2) is 55.6 Å². The Morgan fingerprint density at radius 2 is 1.79 bits per heavy atom. The predicted molar refractivity (Wildman–Crippen MR) is 155 cm³/mol. The van der Waals surface area contributed by atoms with E-state index in [0.717, 1.165) is 16.0 Å². The monoisotopic (exact) mass is 575 g/mol. The second-order valence-corrected chi connectivity index (χ2v) is 10.3. The lowest BCUT2D eigenvalue weighted by atomic mass is 10.1. The van der Waals surface area contributed by atoms with E-state index in [1.807, 2.05) is 36.6 Å². The van der Waals surface area contributed by atoms with Crippen LogP contribution in [0.4, 0.5) is 10.5 Å². The van der Waals surface area contributed by atoms with Gasteiger partial charge in [-0.2, -0.15) is 0 Å². The van der Waals surface area contributed by atoms with Crippen molar-refractivity contribution in [3.05, 3.63) is 86.5 Å². The number of carbonyl (C=O) groups excluding carboxylic acids is 2. The number of thiophene rings is 1. The van der Waals surface area contributed by atoms with Crippen LogP contribution in [0.15, 0.2) is 60.5 Å². The first-order chi connectivity index (χ1) is 18.2. The second-order valence-electron chi connectivity index (χ2n) is 8.51. The highest BCUT2D eigenvalue weighted by Gasteiger charge is 2.22. The number of hydrogen-bond donors (Lipinski definition) is 1. The van der Waals surface area contributed by atoms with E-state index in [0.29, 0.717) is 46.7 Å². The zero-order chi connectivity index (χ0) is 27.7. The summed E-state index contributed by atoms with van der Waals surface area (Å²) in [4.78, 5) is 30.9. The van der Waals surface area contributed by atoms with Crippen molar-refractivity contribution >= 4 is 52.2 Å². The lowest BCUT2D eigenvalue weighted by molar-refractivity contribution is -0.132. The summed E-state index contributed by atoms with van der Waals surface area (Å²) in [6.45, 7) is 6.76.